The molecule has 1 aliphatic heterocycles. The number of benzene rings is 2. The SMILES string of the molecule is COC(=O)CC(=O)C=C(O)CCC1=C[N+](c2ccc(F)cc2)(C(C)C)C(=O)c2ccccc21. The van der Waals surface area contributed by atoms with E-state index >= 15 is 0 Å². The molecule has 0 fully saturated rings. The molecule has 1 unspecified atom stereocenters. The Bertz CT molecular complexity index is 1130. The van der Waals surface area contributed by atoms with Crippen LogP contribution in [-0.4, -0.2) is 35.9 Å². The number of quaternary nitrogens is 1. The Morgan fingerprint density at radius 1 is 1.09 bits per heavy atom. The minimum Gasteiger partial charge on any atom is -0.512 e. The van der Waals surface area contributed by atoms with Gasteiger partial charge in [-0.15, -0.1) is 0 Å². The summed E-state index contributed by atoms with van der Waals surface area (Å²) in [4.78, 5) is 36.8. The molecule has 7 heteroatoms. The van der Waals surface area contributed by atoms with Crippen LogP contribution in [0.25, 0.3) is 5.57 Å². The van der Waals surface area contributed by atoms with Crippen LogP contribution in [0.4, 0.5) is 10.1 Å². The van der Waals surface area contributed by atoms with E-state index in [4.69, 9.17) is 0 Å². The molecule has 2 aromatic carbocycles. The van der Waals surface area contributed by atoms with E-state index in [1.165, 1.54) is 19.2 Å². The van der Waals surface area contributed by atoms with Gasteiger partial charge >= 0.3 is 11.9 Å². The van der Waals surface area contributed by atoms with Gasteiger partial charge in [0.1, 0.15) is 24.1 Å². The molecule has 33 heavy (non-hydrogen) atoms. The summed E-state index contributed by atoms with van der Waals surface area (Å²) in [5, 5.41) is 10.3. The van der Waals surface area contributed by atoms with Crippen LogP contribution in [0.5, 0.6) is 0 Å². The number of carbonyl (C=O) groups is 3. The van der Waals surface area contributed by atoms with Gasteiger partial charge in [-0.25, -0.2) is 9.18 Å². The average molecular weight is 453 g/mol. The molecule has 0 spiro atoms. The Morgan fingerprint density at radius 2 is 1.73 bits per heavy atom. The predicted molar refractivity (Wildman–Crippen MR) is 124 cm³/mol. The number of halogens is 1. The van der Waals surface area contributed by atoms with E-state index in [0.29, 0.717) is 17.7 Å². The molecule has 0 aliphatic carbocycles. The topological polar surface area (TPSA) is 80.7 Å². The third kappa shape index (κ3) is 4.93. The van der Waals surface area contributed by atoms with Crippen molar-refractivity contribution in [1.29, 1.82) is 0 Å². The van der Waals surface area contributed by atoms with Gasteiger partial charge in [-0.2, -0.15) is 4.48 Å². The first kappa shape index (κ1) is 24.1. The Balaban J connectivity index is 1.99. The molecule has 1 heterocycles. The van der Waals surface area contributed by atoms with Crippen LogP contribution >= 0.6 is 0 Å². The van der Waals surface area contributed by atoms with Crippen molar-refractivity contribution in [3.63, 3.8) is 0 Å². The number of rotatable bonds is 8. The quantitative estimate of drug-likeness (QED) is 0.198. The van der Waals surface area contributed by atoms with Crippen LogP contribution in [0.3, 0.4) is 0 Å². The Kier molecular flexibility index (Phi) is 7.23. The van der Waals surface area contributed by atoms with Gasteiger partial charge in [-0.05, 0) is 44.0 Å². The lowest BCUT2D eigenvalue weighted by Gasteiger charge is -2.39. The number of methoxy groups -OCH3 is 1. The third-order valence-corrected chi connectivity index (χ3v) is 5.79. The van der Waals surface area contributed by atoms with Gasteiger partial charge in [0.05, 0.1) is 24.5 Å². The van der Waals surface area contributed by atoms with Crippen LogP contribution < -0.4 is 4.48 Å². The monoisotopic (exact) mass is 452 g/mol. The number of nitrogens with zero attached hydrogens (tertiary/aromatic N) is 1. The molecule has 1 atom stereocenters. The maximum Gasteiger partial charge on any atom is 0.356 e. The summed E-state index contributed by atoms with van der Waals surface area (Å²) in [5.74, 6) is -1.90. The lowest BCUT2D eigenvalue weighted by Crippen LogP contribution is -2.56. The minimum atomic E-state index is -0.676. The van der Waals surface area contributed by atoms with Crippen molar-refractivity contribution in [1.82, 2.24) is 4.48 Å². The summed E-state index contributed by atoms with van der Waals surface area (Å²) < 4.78 is 17.9. The summed E-state index contributed by atoms with van der Waals surface area (Å²) in [6, 6.07) is 12.9. The molecule has 6 nitrogen and oxygen atoms in total. The first-order chi connectivity index (χ1) is 15.7. The smallest absolute Gasteiger partial charge is 0.356 e. The zero-order chi connectivity index (χ0) is 24.2. The van der Waals surface area contributed by atoms with Crippen LogP contribution in [0, 0.1) is 5.82 Å². The molecule has 172 valence electrons. The molecule has 0 radical (unpaired) electrons. The van der Waals surface area contributed by atoms with Gasteiger partial charge in [0.15, 0.2) is 5.78 Å². The first-order valence-electron chi connectivity index (χ1n) is 10.7. The largest absolute Gasteiger partial charge is 0.512 e. The van der Waals surface area contributed by atoms with Gasteiger partial charge in [-0.1, -0.05) is 18.2 Å². The molecular formula is C26H27FNO5+. The van der Waals surface area contributed by atoms with Gasteiger partial charge in [0, 0.05) is 30.2 Å². The summed E-state index contributed by atoms with van der Waals surface area (Å²) >= 11 is 0. The summed E-state index contributed by atoms with van der Waals surface area (Å²) in [6.07, 6.45) is 2.93. The number of carbonyl (C=O) groups excluding carboxylic acids is 3. The molecule has 1 aliphatic rings. The van der Waals surface area contributed by atoms with Crippen LogP contribution in [0.15, 0.2) is 66.6 Å². The van der Waals surface area contributed by atoms with Crippen molar-refractivity contribution < 1.29 is 28.6 Å². The van der Waals surface area contributed by atoms with E-state index in [1.807, 2.05) is 32.2 Å². The second-order valence-electron chi connectivity index (χ2n) is 8.21. The number of fused-ring (bicyclic) bond motifs is 1. The fraction of sp³-hybridized carbons (Fsp3) is 0.269. The number of aliphatic hydroxyl groups is 1. The second kappa shape index (κ2) is 9.92. The van der Waals surface area contributed by atoms with Crippen LogP contribution in [0.2, 0.25) is 0 Å². The number of esters is 1. The van der Waals surface area contributed by atoms with Crippen molar-refractivity contribution in [2.24, 2.45) is 0 Å². The molecule has 0 saturated heterocycles. The van der Waals surface area contributed by atoms with Gasteiger partial charge in [0.2, 0.25) is 0 Å². The number of aliphatic hydroxyl groups excluding tert-OH is 1. The first-order valence-corrected chi connectivity index (χ1v) is 10.7. The maximum atomic E-state index is 13.7. The van der Waals surface area contributed by atoms with E-state index < -0.39 is 18.2 Å². The molecule has 0 bridgehead atoms. The average Bonchev–Trinajstić information content (AvgIpc) is 2.79. The zero-order valence-electron chi connectivity index (χ0n) is 18.9. The van der Waals surface area contributed by atoms with Gasteiger partial charge in [0.25, 0.3) is 0 Å². The number of amides is 1. The summed E-state index contributed by atoms with van der Waals surface area (Å²) in [7, 11) is 1.19. The van der Waals surface area contributed by atoms with E-state index in [0.717, 1.165) is 17.2 Å². The van der Waals surface area contributed by atoms with Crippen LogP contribution in [-0.2, 0) is 14.3 Å². The second-order valence-corrected chi connectivity index (χ2v) is 8.21. The summed E-state index contributed by atoms with van der Waals surface area (Å²) in [6.45, 7) is 3.85. The number of allylic oxidation sites excluding steroid dienone is 3. The number of ketones is 1. The highest BCUT2D eigenvalue weighted by Crippen LogP contribution is 2.40. The Hall–Kier alpha value is -3.58. The third-order valence-electron chi connectivity index (χ3n) is 5.79. The van der Waals surface area contributed by atoms with Crippen molar-refractivity contribution in [3.05, 3.63) is 83.5 Å². The predicted octanol–water partition coefficient (Wildman–Crippen LogP) is 5.09. The molecule has 3 rings (SSSR count). The Morgan fingerprint density at radius 3 is 2.33 bits per heavy atom. The molecule has 0 saturated carbocycles. The highest BCUT2D eigenvalue weighted by Gasteiger charge is 2.46. The van der Waals surface area contributed by atoms with Gasteiger partial charge in [-0.3, -0.25) is 9.59 Å². The van der Waals surface area contributed by atoms with E-state index in [2.05, 4.69) is 4.74 Å². The zero-order valence-corrected chi connectivity index (χ0v) is 18.9. The van der Waals surface area contributed by atoms with E-state index in [9.17, 15) is 23.9 Å². The number of ether oxygens (including phenoxy) is 1. The lowest BCUT2D eigenvalue weighted by atomic mass is 9.90. The molecule has 1 N–H and O–H groups in total. The van der Waals surface area contributed by atoms with Gasteiger partial charge < -0.3 is 9.84 Å². The highest BCUT2D eigenvalue weighted by atomic mass is 19.1. The van der Waals surface area contributed by atoms with Crippen LogP contribution in [0.1, 0.15) is 49.0 Å². The fourth-order valence-electron chi connectivity index (χ4n) is 4.07. The normalized spacial score (nSPS) is 18.0. The van der Waals surface area contributed by atoms with Crippen molar-refractivity contribution in [2.45, 2.75) is 39.2 Å². The molecule has 0 aromatic heterocycles. The van der Waals surface area contributed by atoms with E-state index in [-0.39, 0.29) is 34.4 Å². The number of hydrogen-bond acceptors (Lipinski definition) is 5. The number of hydrogen-bond donors (Lipinski definition) is 1. The van der Waals surface area contributed by atoms with Crippen molar-refractivity contribution in [2.75, 3.05) is 7.11 Å². The molecular weight excluding hydrogens is 425 g/mol. The lowest BCUT2D eigenvalue weighted by molar-refractivity contribution is -0.142. The minimum absolute atomic E-state index is 0.121. The van der Waals surface area contributed by atoms with Crippen molar-refractivity contribution in [3.8, 4) is 0 Å². The fourth-order valence-corrected chi connectivity index (χ4v) is 4.07. The summed E-state index contributed by atoms with van der Waals surface area (Å²) in [5.41, 5.74) is 2.76. The van der Waals surface area contributed by atoms with E-state index in [1.54, 1.807) is 24.3 Å². The molecule has 1 amide bonds. The maximum absolute atomic E-state index is 13.7. The highest BCUT2D eigenvalue weighted by molar-refractivity contribution is 6.10. The Labute approximate surface area is 192 Å². The molecule has 2 aromatic rings. The standard InChI is InChI=1S/C26H26FNO5/c1-17(2)28(20-11-9-19(27)10-12-20)16-18(23-6-4-5-7-24(23)26(28)32)8-13-21(29)14-22(30)15-25(31)33-3/h4-7,9-12,14,16-17H,8,13,15H2,1-3H3/p+1. The van der Waals surface area contributed by atoms with Crippen molar-refractivity contribution >= 4 is 28.9 Å².